The second-order valence-electron chi connectivity index (χ2n) is 3.77. The third-order valence-corrected chi connectivity index (χ3v) is 2.41. The van der Waals surface area contributed by atoms with Gasteiger partial charge >= 0.3 is 0 Å². The molecule has 92 valence electrons. The summed E-state index contributed by atoms with van der Waals surface area (Å²) in [6.45, 7) is 2.97. The van der Waals surface area contributed by atoms with Crippen molar-refractivity contribution in [1.82, 2.24) is 9.88 Å². The first-order chi connectivity index (χ1) is 8.26. The highest BCUT2D eigenvalue weighted by Gasteiger charge is 2.05. The standard InChI is InChI=1S/C12H18N4O/c1-17-8-7-16(6-2-5-13)10-11-3-4-12(14)15-9-11/h3-4,9H,2,6-8,10H2,1H3,(H2,14,15). The molecule has 0 aliphatic heterocycles. The van der Waals surface area contributed by atoms with E-state index in [9.17, 15) is 0 Å². The topological polar surface area (TPSA) is 75.2 Å². The molecule has 0 saturated carbocycles. The van der Waals surface area contributed by atoms with Crippen LogP contribution in [0.15, 0.2) is 18.3 Å². The average Bonchev–Trinajstić information content (AvgIpc) is 2.35. The largest absolute Gasteiger partial charge is 0.384 e. The minimum Gasteiger partial charge on any atom is -0.384 e. The number of nitrogen functional groups attached to an aromatic ring is 1. The van der Waals surface area contributed by atoms with E-state index >= 15 is 0 Å². The summed E-state index contributed by atoms with van der Waals surface area (Å²) in [5.41, 5.74) is 6.62. The van der Waals surface area contributed by atoms with Crippen molar-refractivity contribution in [3.63, 3.8) is 0 Å². The number of hydrogen-bond acceptors (Lipinski definition) is 5. The SMILES string of the molecule is COCCN(CCC#N)Cc1ccc(N)nc1. The minimum atomic E-state index is 0.520. The Hall–Kier alpha value is -1.64. The number of nitrogens with two attached hydrogens (primary N) is 1. The summed E-state index contributed by atoms with van der Waals surface area (Å²) in [7, 11) is 1.67. The zero-order chi connectivity index (χ0) is 12.5. The second kappa shape index (κ2) is 7.60. The average molecular weight is 234 g/mol. The van der Waals surface area contributed by atoms with Crippen molar-refractivity contribution >= 4 is 5.82 Å². The molecule has 0 amide bonds. The van der Waals surface area contributed by atoms with Gasteiger partial charge in [-0.05, 0) is 11.6 Å². The molecule has 1 aromatic rings. The molecule has 17 heavy (non-hydrogen) atoms. The number of nitriles is 1. The van der Waals surface area contributed by atoms with Gasteiger partial charge in [0.2, 0.25) is 0 Å². The molecule has 1 aromatic heterocycles. The first kappa shape index (κ1) is 13.4. The van der Waals surface area contributed by atoms with Crippen LogP contribution in [0.1, 0.15) is 12.0 Å². The maximum absolute atomic E-state index is 8.61. The fourth-order valence-corrected chi connectivity index (χ4v) is 1.49. The van der Waals surface area contributed by atoms with E-state index < -0.39 is 0 Å². The van der Waals surface area contributed by atoms with Gasteiger partial charge in [-0.25, -0.2) is 4.98 Å². The van der Waals surface area contributed by atoms with Gasteiger partial charge in [-0.2, -0.15) is 5.26 Å². The van der Waals surface area contributed by atoms with E-state index in [-0.39, 0.29) is 0 Å². The lowest BCUT2D eigenvalue weighted by Gasteiger charge is -2.20. The van der Waals surface area contributed by atoms with E-state index in [1.54, 1.807) is 19.4 Å². The van der Waals surface area contributed by atoms with Gasteiger partial charge in [-0.1, -0.05) is 6.07 Å². The van der Waals surface area contributed by atoms with Gasteiger partial charge in [0.15, 0.2) is 0 Å². The highest BCUT2D eigenvalue weighted by molar-refractivity contribution is 5.29. The molecule has 0 aliphatic carbocycles. The molecule has 0 bridgehead atoms. The molecular formula is C12H18N4O. The van der Waals surface area contributed by atoms with E-state index in [1.807, 2.05) is 6.07 Å². The molecule has 0 radical (unpaired) electrons. The number of ether oxygens (including phenoxy) is 1. The van der Waals surface area contributed by atoms with Crippen LogP contribution in [-0.2, 0) is 11.3 Å². The van der Waals surface area contributed by atoms with Crippen molar-refractivity contribution in [2.24, 2.45) is 0 Å². The monoisotopic (exact) mass is 234 g/mol. The summed E-state index contributed by atoms with van der Waals surface area (Å²) in [5.74, 6) is 0.522. The molecule has 0 fully saturated rings. The van der Waals surface area contributed by atoms with Gasteiger partial charge in [-0.15, -0.1) is 0 Å². The van der Waals surface area contributed by atoms with Crippen molar-refractivity contribution in [2.75, 3.05) is 32.5 Å². The maximum Gasteiger partial charge on any atom is 0.123 e. The summed E-state index contributed by atoms with van der Waals surface area (Å²) >= 11 is 0. The predicted octanol–water partition coefficient (Wildman–Crippen LogP) is 1.03. The van der Waals surface area contributed by atoms with Crippen molar-refractivity contribution < 1.29 is 4.74 Å². The van der Waals surface area contributed by atoms with Crippen LogP contribution < -0.4 is 5.73 Å². The Morgan fingerprint density at radius 3 is 2.88 bits per heavy atom. The van der Waals surface area contributed by atoms with Crippen LogP contribution in [0.3, 0.4) is 0 Å². The summed E-state index contributed by atoms with van der Waals surface area (Å²) < 4.78 is 5.05. The summed E-state index contributed by atoms with van der Waals surface area (Å²) in [6.07, 6.45) is 2.29. The lowest BCUT2D eigenvalue weighted by molar-refractivity contribution is 0.145. The van der Waals surface area contributed by atoms with Crippen molar-refractivity contribution in [1.29, 1.82) is 5.26 Å². The number of hydrogen-bond donors (Lipinski definition) is 1. The third kappa shape index (κ3) is 5.29. The molecule has 0 saturated heterocycles. The fraction of sp³-hybridized carbons (Fsp3) is 0.500. The van der Waals surface area contributed by atoms with Crippen LogP contribution >= 0.6 is 0 Å². The van der Waals surface area contributed by atoms with Crippen LogP contribution in [0.4, 0.5) is 5.82 Å². The smallest absolute Gasteiger partial charge is 0.123 e. The minimum absolute atomic E-state index is 0.520. The second-order valence-corrected chi connectivity index (χ2v) is 3.77. The Balaban J connectivity index is 2.52. The van der Waals surface area contributed by atoms with Crippen LogP contribution in [0, 0.1) is 11.3 Å². The lowest BCUT2D eigenvalue weighted by atomic mass is 10.2. The van der Waals surface area contributed by atoms with E-state index in [1.165, 1.54) is 0 Å². The van der Waals surface area contributed by atoms with Crippen LogP contribution in [0.5, 0.6) is 0 Å². The molecule has 2 N–H and O–H groups in total. The third-order valence-electron chi connectivity index (χ3n) is 2.41. The Morgan fingerprint density at radius 2 is 2.29 bits per heavy atom. The molecule has 1 rings (SSSR count). The lowest BCUT2D eigenvalue weighted by Crippen LogP contribution is -2.28. The number of pyridine rings is 1. The van der Waals surface area contributed by atoms with Gasteiger partial charge in [0.05, 0.1) is 12.7 Å². The number of rotatable bonds is 7. The highest BCUT2D eigenvalue weighted by atomic mass is 16.5. The normalized spacial score (nSPS) is 10.4. The Morgan fingerprint density at radius 1 is 1.47 bits per heavy atom. The number of anilines is 1. The zero-order valence-electron chi connectivity index (χ0n) is 10.1. The number of methoxy groups -OCH3 is 1. The molecule has 0 aromatic carbocycles. The van der Waals surface area contributed by atoms with Crippen molar-refractivity contribution in [3.05, 3.63) is 23.9 Å². The van der Waals surface area contributed by atoms with Gasteiger partial charge in [0.1, 0.15) is 5.82 Å². The predicted molar refractivity (Wildman–Crippen MR) is 66.0 cm³/mol. The van der Waals surface area contributed by atoms with Crippen LogP contribution in [0.2, 0.25) is 0 Å². The molecule has 0 spiro atoms. The van der Waals surface area contributed by atoms with E-state index in [0.29, 0.717) is 18.8 Å². The summed E-state index contributed by atoms with van der Waals surface area (Å²) in [4.78, 5) is 6.21. The van der Waals surface area contributed by atoms with E-state index in [2.05, 4.69) is 16.0 Å². The van der Waals surface area contributed by atoms with Crippen LogP contribution in [-0.4, -0.2) is 36.7 Å². The van der Waals surface area contributed by atoms with E-state index in [0.717, 1.165) is 25.2 Å². The van der Waals surface area contributed by atoms with Gasteiger partial charge < -0.3 is 10.5 Å². The molecule has 0 atom stereocenters. The molecular weight excluding hydrogens is 216 g/mol. The fourth-order valence-electron chi connectivity index (χ4n) is 1.49. The molecule has 5 heteroatoms. The van der Waals surface area contributed by atoms with Crippen LogP contribution in [0.25, 0.3) is 0 Å². The quantitative estimate of drug-likeness (QED) is 0.762. The van der Waals surface area contributed by atoms with Gasteiger partial charge in [0, 0.05) is 39.4 Å². The van der Waals surface area contributed by atoms with E-state index in [4.69, 9.17) is 15.7 Å². The number of nitrogens with zero attached hydrogens (tertiary/aromatic N) is 3. The number of aromatic nitrogens is 1. The molecule has 0 aliphatic rings. The Labute approximate surface area is 102 Å². The molecule has 0 unspecified atom stereocenters. The Kier molecular flexibility index (Phi) is 6.00. The van der Waals surface area contributed by atoms with Crippen molar-refractivity contribution in [2.45, 2.75) is 13.0 Å². The van der Waals surface area contributed by atoms with Gasteiger partial charge in [0.25, 0.3) is 0 Å². The zero-order valence-corrected chi connectivity index (χ0v) is 10.1. The first-order valence-corrected chi connectivity index (χ1v) is 5.55. The van der Waals surface area contributed by atoms with Gasteiger partial charge in [-0.3, -0.25) is 4.90 Å². The maximum atomic E-state index is 8.61. The highest BCUT2D eigenvalue weighted by Crippen LogP contribution is 2.06. The van der Waals surface area contributed by atoms with Crippen molar-refractivity contribution in [3.8, 4) is 6.07 Å². The Bertz CT molecular complexity index is 358. The summed E-state index contributed by atoms with van der Waals surface area (Å²) in [5, 5.41) is 8.61. The molecule has 1 heterocycles. The molecule has 5 nitrogen and oxygen atoms in total. The first-order valence-electron chi connectivity index (χ1n) is 5.55. The summed E-state index contributed by atoms with van der Waals surface area (Å²) in [6, 6.07) is 5.89.